The molecule has 108 valence electrons. The lowest BCUT2D eigenvalue weighted by molar-refractivity contribution is 0.422. The average Bonchev–Trinajstić information content (AvgIpc) is 2.71. The zero-order chi connectivity index (χ0) is 14.9. The molecule has 0 aliphatic heterocycles. The first-order valence-corrected chi connectivity index (χ1v) is 6.52. The molecule has 0 aliphatic carbocycles. The Balaban J connectivity index is 2.30. The fourth-order valence-corrected chi connectivity index (χ4v) is 1.85. The Hall–Kier alpha value is -1.75. The normalized spacial score (nSPS) is 11.9. The van der Waals surface area contributed by atoms with Crippen molar-refractivity contribution in [3.8, 4) is 5.69 Å². The van der Waals surface area contributed by atoms with Crippen LogP contribution in [-0.4, -0.2) is 15.3 Å². The van der Waals surface area contributed by atoms with Crippen LogP contribution in [0.3, 0.4) is 0 Å². The predicted octanol–water partition coefficient (Wildman–Crippen LogP) is 3.35. The van der Waals surface area contributed by atoms with Crippen molar-refractivity contribution in [3.05, 3.63) is 47.3 Å². The summed E-state index contributed by atoms with van der Waals surface area (Å²) >= 11 is 0. The molecule has 0 aliphatic rings. The largest absolute Gasteiger partial charge is 0.308 e. The van der Waals surface area contributed by atoms with E-state index < -0.39 is 11.6 Å². The van der Waals surface area contributed by atoms with Gasteiger partial charge in [0.25, 0.3) is 0 Å². The Labute approximate surface area is 117 Å². The van der Waals surface area contributed by atoms with Gasteiger partial charge in [0, 0.05) is 18.3 Å². The van der Waals surface area contributed by atoms with Gasteiger partial charge in [-0.25, -0.2) is 13.5 Å². The average molecular weight is 279 g/mol. The number of hydrogen-bond donors (Lipinski definition) is 1. The highest BCUT2D eigenvalue weighted by Crippen LogP contribution is 2.20. The number of hydrogen-bond acceptors (Lipinski definition) is 2. The number of aryl methyl sites for hydroxylation is 1. The van der Waals surface area contributed by atoms with Crippen molar-refractivity contribution in [1.82, 2.24) is 15.1 Å². The molecule has 2 aromatic rings. The lowest BCUT2D eigenvalue weighted by Gasteiger charge is -2.20. The quantitative estimate of drug-likeness (QED) is 0.933. The van der Waals surface area contributed by atoms with Crippen molar-refractivity contribution in [2.45, 2.75) is 39.8 Å². The molecule has 0 fully saturated rings. The number of benzene rings is 1. The van der Waals surface area contributed by atoms with E-state index in [2.05, 4.69) is 10.4 Å². The zero-order valence-corrected chi connectivity index (χ0v) is 12.2. The van der Waals surface area contributed by atoms with E-state index in [1.807, 2.05) is 20.8 Å². The van der Waals surface area contributed by atoms with Crippen LogP contribution < -0.4 is 5.32 Å². The molecule has 0 saturated heterocycles. The molecule has 0 unspecified atom stereocenters. The van der Waals surface area contributed by atoms with Gasteiger partial charge in [0.1, 0.15) is 5.69 Å². The van der Waals surface area contributed by atoms with Gasteiger partial charge >= 0.3 is 0 Å². The van der Waals surface area contributed by atoms with Gasteiger partial charge in [0.2, 0.25) is 0 Å². The highest BCUT2D eigenvalue weighted by molar-refractivity contribution is 5.38. The second kappa shape index (κ2) is 5.32. The molecular weight excluding hydrogens is 260 g/mol. The molecule has 0 atom stereocenters. The monoisotopic (exact) mass is 279 g/mol. The molecule has 3 nitrogen and oxygen atoms in total. The number of nitrogens with one attached hydrogen (secondary N) is 1. The summed E-state index contributed by atoms with van der Waals surface area (Å²) in [6.45, 7) is 8.19. The summed E-state index contributed by atoms with van der Waals surface area (Å²) in [7, 11) is 0. The van der Waals surface area contributed by atoms with Crippen LogP contribution in [0.25, 0.3) is 5.69 Å². The van der Waals surface area contributed by atoms with Crippen LogP contribution in [-0.2, 0) is 6.54 Å². The third-order valence-corrected chi connectivity index (χ3v) is 2.85. The summed E-state index contributed by atoms with van der Waals surface area (Å²) in [4.78, 5) is 0. The first kappa shape index (κ1) is 14.7. The summed E-state index contributed by atoms with van der Waals surface area (Å²) in [6.07, 6.45) is 1.55. The maximum absolute atomic E-state index is 14.1. The van der Waals surface area contributed by atoms with Gasteiger partial charge in [0.15, 0.2) is 11.6 Å². The summed E-state index contributed by atoms with van der Waals surface area (Å²) in [6, 6.07) is 4.39. The number of nitrogens with zero attached hydrogens (tertiary/aromatic N) is 2. The SMILES string of the molecule is Cc1ccn(-c2c(F)cc(CNC(C)(C)C)cc2F)n1. The van der Waals surface area contributed by atoms with Gasteiger partial charge in [-0.05, 0) is 51.5 Å². The highest BCUT2D eigenvalue weighted by atomic mass is 19.1. The van der Waals surface area contributed by atoms with E-state index in [0.29, 0.717) is 17.8 Å². The van der Waals surface area contributed by atoms with Crippen molar-refractivity contribution < 1.29 is 8.78 Å². The molecular formula is C15H19F2N3. The summed E-state index contributed by atoms with van der Waals surface area (Å²) in [5, 5.41) is 7.24. The molecule has 1 aromatic heterocycles. The van der Waals surface area contributed by atoms with E-state index in [0.717, 1.165) is 0 Å². The fraction of sp³-hybridized carbons (Fsp3) is 0.400. The molecule has 0 amide bonds. The smallest absolute Gasteiger partial charge is 0.152 e. The van der Waals surface area contributed by atoms with Crippen LogP contribution in [0.1, 0.15) is 32.0 Å². The van der Waals surface area contributed by atoms with E-state index in [4.69, 9.17) is 0 Å². The second-order valence-corrected chi connectivity index (χ2v) is 5.91. The number of halogens is 2. The molecule has 2 rings (SSSR count). The van der Waals surface area contributed by atoms with Crippen molar-refractivity contribution >= 4 is 0 Å². The second-order valence-electron chi connectivity index (χ2n) is 5.91. The van der Waals surface area contributed by atoms with Crippen molar-refractivity contribution in [2.75, 3.05) is 0 Å². The Bertz CT molecular complexity index is 589. The Morgan fingerprint density at radius 1 is 1.20 bits per heavy atom. The minimum Gasteiger partial charge on any atom is -0.308 e. The zero-order valence-electron chi connectivity index (χ0n) is 12.2. The van der Waals surface area contributed by atoms with Crippen LogP contribution >= 0.6 is 0 Å². The van der Waals surface area contributed by atoms with Gasteiger partial charge in [-0.2, -0.15) is 5.10 Å². The van der Waals surface area contributed by atoms with Crippen molar-refractivity contribution in [1.29, 1.82) is 0 Å². The molecule has 20 heavy (non-hydrogen) atoms. The molecule has 1 N–H and O–H groups in total. The first-order valence-electron chi connectivity index (χ1n) is 6.52. The maximum atomic E-state index is 14.1. The van der Waals surface area contributed by atoms with E-state index in [9.17, 15) is 8.78 Å². The van der Waals surface area contributed by atoms with E-state index in [-0.39, 0.29) is 11.2 Å². The minimum atomic E-state index is -0.612. The molecule has 1 heterocycles. The number of rotatable bonds is 3. The third-order valence-electron chi connectivity index (χ3n) is 2.85. The summed E-state index contributed by atoms with van der Waals surface area (Å²) in [5.74, 6) is -1.22. The molecule has 0 spiro atoms. The van der Waals surface area contributed by atoms with E-state index >= 15 is 0 Å². The molecule has 5 heteroatoms. The lowest BCUT2D eigenvalue weighted by atomic mass is 10.1. The van der Waals surface area contributed by atoms with Gasteiger partial charge in [-0.1, -0.05) is 0 Å². The van der Waals surface area contributed by atoms with Gasteiger partial charge < -0.3 is 5.32 Å². The highest BCUT2D eigenvalue weighted by Gasteiger charge is 2.15. The fourth-order valence-electron chi connectivity index (χ4n) is 1.85. The Morgan fingerprint density at radius 2 is 1.80 bits per heavy atom. The molecule has 1 aromatic carbocycles. The summed E-state index contributed by atoms with van der Waals surface area (Å²) in [5.41, 5.74) is 1.03. The maximum Gasteiger partial charge on any atom is 0.152 e. The minimum absolute atomic E-state index is 0.106. The number of aromatic nitrogens is 2. The van der Waals surface area contributed by atoms with Crippen molar-refractivity contribution in [2.24, 2.45) is 0 Å². The van der Waals surface area contributed by atoms with Crippen LogP contribution in [0, 0.1) is 18.6 Å². The topological polar surface area (TPSA) is 29.9 Å². The van der Waals surface area contributed by atoms with Crippen LogP contribution in [0.4, 0.5) is 8.78 Å². The van der Waals surface area contributed by atoms with E-state index in [1.54, 1.807) is 19.2 Å². The molecule has 0 saturated carbocycles. The van der Waals surface area contributed by atoms with Gasteiger partial charge in [-0.3, -0.25) is 0 Å². The lowest BCUT2D eigenvalue weighted by Crippen LogP contribution is -2.35. The van der Waals surface area contributed by atoms with Crippen LogP contribution in [0.15, 0.2) is 24.4 Å². The standard InChI is InChI=1S/C15H19F2N3/c1-10-5-6-20(19-10)14-12(16)7-11(8-13(14)17)9-18-15(2,3)4/h5-8,18H,9H2,1-4H3. The third kappa shape index (κ3) is 3.42. The molecule has 0 bridgehead atoms. The van der Waals surface area contributed by atoms with Crippen LogP contribution in [0.5, 0.6) is 0 Å². The Kier molecular flexibility index (Phi) is 3.90. The molecule has 0 radical (unpaired) electrons. The van der Waals surface area contributed by atoms with Crippen LogP contribution in [0.2, 0.25) is 0 Å². The summed E-state index contributed by atoms with van der Waals surface area (Å²) < 4.78 is 29.4. The van der Waals surface area contributed by atoms with Gasteiger partial charge in [-0.15, -0.1) is 0 Å². The van der Waals surface area contributed by atoms with Crippen molar-refractivity contribution in [3.63, 3.8) is 0 Å². The first-order chi connectivity index (χ1) is 9.26. The van der Waals surface area contributed by atoms with Gasteiger partial charge in [0.05, 0.1) is 5.69 Å². The Morgan fingerprint density at radius 3 is 2.25 bits per heavy atom. The van der Waals surface area contributed by atoms with E-state index in [1.165, 1.54) is 16.8 Å². The predicted molar refractivity (Wildman–Crippen MR) is 74.8 cm³/mol.